The van der Waals surface area contributed by atoms with E-state index in [0.717, 1.165) is 15.7 Å². The van der Waals surface area contributed by atoms with Crippen molar-refractivity contribution in [2.24, 2.45) is 0 Å². The van der Waals surface area contributed by atoms with Crippen LogP contribution < -0.4 is 10.1 Å². The fraction of sp³-hybridized carbons (Fsp3) is 0.286. The number of rotatable bonds is 5. The van der Waals surface area contributed by atoms with Crippen LogP contribution >= 0.6 is 15.9 Å². The lowest BCUT2D eigenvalue weighted by atomic mass is 10.2. The number of anilines is 1. The van der Waals surface area contributed by atoms with Crippen LogP contribution in [0.25, 0.3) is 0 Å². The van der Waals surface area contributed by atoms with Gasteiger partial charge in [0, 0.05) is 22.8 Å². The topological polar surface area (TPSA) is 47.0 Å². The lowest BCUT2D eigenvalue weighted by molar-refractivity contribution is 0.326. The molecule has 2 rings (SSSR count). The van der Waals surface area contributed by atoms with Gasteiger partial charge >= 0.3 is 0 Å². The summed E-state index contributed by atoms with van der Waals surface area (Å²) in [5, 5.41) is 3.21. The van der Waals surface area contributed by atoms with Crippen molar-refractivity contribution in [3.8, 4) is 5.88 Å². The summed E-state index contributed by atoms with van der Waals surface area (Å²) in [5.41, 5.74) is 2.04. The molecule has 100 valence electrons. The zero-order valence-corrected chi connectivity index (χ0v) is 12.6. The third-order valence-corrected chi connectivity index (χ3v) is 3.29. The molecule has 1 aromatic carbocycles. The third-order valence-electron chi connectivity index (χ3n) is 2.52. The molecule has 0 amide bonds. The van der Waals surface area contributed by atoms with E-state index >= 15 is 0 Å². The molecule has 0 aliphatic carbocycles. The van der Waals surface area contributed by atoms with Crippen LogP contribution in [0.3, 0.4) is 0 Å². The monoisotopic (exact) mass is 321 g/mol. The molecule has 0 atom stereocenters. The van der Waals surface area contributed by atoms with Crippen LogP contribution in [0, 0.1) is 6.92 Å². The van der Waals surface area contributed by atoms with Crippen molar-refractivity contribution in [3.63, 3.8) is 0 Å². The lowest BCUT2D eigenvalue weighted by Crippen LogP contribution is -2.06. The second-order valence-electron chi connectivity index (χ2n) is 4.05. The van der Waals surface area contributed by atoms with Crippen LogP contribution in [0.15, 0.2) is 34.8 Å². The average Bonchev–Trinajstić information content (AvgIpc) is 2.37. The van der Waals surface area contributed by atoms with Crippen molar-refractivity contribution in [1.82, 2.24) is 9.97 Å². The predicted molar refractivity (Wildman–Crippen MR) is 79.4 cm³/mol. The highest BCUT2D eigenvalue weighted by Crippen LogP contribution is 2.17. The molecule has 0 bridgehead atoms. The molecule has 1 N–H and O–H groups in total. The van der Waals surface area contributed by atoms with E-state index in [9.17, 15) is 0 Å². The summed E-state index contributed by atoms with van der Waals surface area (Å²) in [6.07, 6.45) is 0. The summed E-state index contributed by atoms with van der Waals surface area (Å²) in [4.78, 5) is 8.65. The van der Waals surface area contributed by atoms with Gasteiger partial charge in [-0.2, -0.15) is 4.98 Å². The molecule has 4 nitrogen and oxygen atoms in total. The van der Waals surface area contributed by atoms with Gasteiger partial charge in [-0.05, 0) is 25.5 Å². The molecule has 1 heterocycles. The second kappa shape index (κ2) is 6.52. The minimum atomic E-state index is 0.583. The molecule has 5 heteroatoms. The molecule has 1 aromatic heterocycles. The van der Waals surface area contributed by atoms with Crippen LogP contribution in [0.2, 0.25) is 0 Å². The van der Waals surface area contributed by atoms with Crippen LogP contribution in [0.5, 0.6) is 5.88 Å². The first kappa shape index (κ1) is 13.8. The fourth-order valence-corrected chi connectivity index (χ4v) is 2.08. The molecule has 0 spiro atoms. The van der Waals surface area contributed by atoms with E-state index < -0.39 is 0 Å². The molecular weight excluding hydrogens is 306 g/mol. The number of benzene rings is 1. The smallest absolute Gasteiger partial charge is 0.226 e. The number of nitrogens with zero attached hydrogens (tertiary/aromatic N) is 2. The number of ether oxygens (including phenoxy) is 1. The Hall–Kier alpha value is -1.62. The zero-order chi connectivity index (χ0) is 13.7. The Bertz CT molecular complexity index is 560. The van der Waals surface area contributed by atoms with Gasteiger partial charge in [0.2, 0.25) is 11.8 Å². The van der Waals surface area contributed by atoms with Crippen molar-refractivity contribution < 1.29 is 4.74 Å². The number of halogens is 1. The zero-order valence-electron chi connectivity index (χ0n) is 11.0. The van der Waals surface area contributed by atoms with Gasteiger partial charge in [0.25, 0.3) is 0 Å². The maximum absolute atomic E-state index is 5.40. The van der Waals surface area contributed by atoms with E-state index in [1.165, 1.54) is 0 Å². The summed E-state index contributed by atoms with van der Waals surface area (Å²) in [5.74, 6) is 1.18. The lowest BCUT2D eigenvalue weighted by Gasteiger charge is -2.09. The van der Waals surface area contributed by atoms with Crippen LogP contribution in [0.1, 0.15) is 18.2 Å². The van der Waals surface area contributed by atoms with E-state index in [2.05, 4.69) is 37.3 Å². The van der Waals surface area contributed by atoms with Crippen molar-refractivity contribution in [2.45, 2.75) is 20.4 Å². The molecule has 0 aliphatic heterocycles. The molecule has 2 aromatic rings. The summed E-state index contributed by atoms with van der Waals surface area (Å²) < 4.78 is 6.47. The summed E-state index contributed by atoms with van der Waals surface area (Å²) in [6.45, 7) is 5.12. The van der Waals surface area contributed by atoms with Crippen LogP contribution in [0.4, 0.5) is 5.95 Å². The molecule has 0 unspecified atom stereocenters. The standard InChI is InChI=1S/C14H16BrN3O/c1-3-19-13-8-10(2)17-14(18-13)16-9-11-6-4-5-7-12(11)15/h4-8H,3,9H2,1-2H3,(H,16,17,18). The van der Waals surface area contributed by atoms with E-state index in [4.69, 9.17) is 4.74 Å². The maximum atomic E-state index is 5.40. The first-order chi connectivity index (χ1) is 9.19. The molecule has 0 aliphatic rings. The van der Waals surface area contributed by atoms with E-state index in [-0.39, 0.29) is 0 Å². The first-order valence-corrected chi connectivity index (χ1v) is 6.94. The molecule has 0 fully saturated rings. The number of hydrogen-bond acceptors (Lipinski definition) is 4. The van der Waals surface area contributed by atoms with E-state index in [1.54, 1.807) is 0 Å². The van der Waals surface area contributed by atoms with Crippen LogP contribution in [-0.4, -0.2) is 16.6 Å². The summed E-state index contributed by atoms with van der Waals surface area (Å²) in [7, 11) is 0. The number of nitrogens with one attached hydrogen (secondary N) is 1. The van der Waals surface area contributed by atoms with Crippen molar-refractivity contribution >= 4 is 21.9 Å². The molecule has 19 heavy (non-hydrogen) atoms. The highest BCUT2D eigenvalue weighted by molar-refractivity contribution is 9.10. The Labute approximate surface area is 121 Å². The first-order valence-electron chi connectivity index (χ1n) is 6.15. The van der Waals surface area contributed by atoms with E-state index in [1.807, 2.05) is 38.1 Å². The summed E-state index contributed by atoms with van der Waals surface area (Å²) >= 11 is 3.52. The van der Waals surface area contributed by atoms with Crippen molar-refractivity contribution in [2.75, 3.05) is 11.9 Å². The van der Waals surface area contributed by atoms with Gasteiger partial charge in [-0.25, -0.2) is 4.98 Å². The Kier molecular flexibility index (Phi) is 4.74. The SMILES string of the molecule is CCOc1cc(C)nc(NCc2ccccc2Br)n1. The van der Waals surface area contributed by atoms with Gasteiger partial charge in [-0.1, -0.05) is 34.1 Å². The van der Waals surface area contributed by atoms with Crippen molar-refractivity contribution in [1.29, 1.82) is 0 Å². The predicted octanol–water partition coefficient (Wildman–Crippen LogP) is 3.56. The number of aryl methyl sites for hydroxylation is 1. The number of hydrogen-bond donors (Lipinski definition) is 1. The van der Waals surface area contributed by atoms with E-state index in [0.29, 0.717) is 25.0 Å². The van der Waals surface area contributed by atoms with Gasteiger partial charge in [0.15, 0.2) is 0 Å². The van der Waals surface area contributed by atoms with Gasteiger partial charge in [-0.3, -0.25) is 0 Å². The minimum absolute atomic E-state index is 0.583. The quantitative estimate of drug-likeness (QED) is 0.914. The van der Waals surface area contributed by atoms with Gasteiger partial charge in [-0.15, -0.1) is 0 Å². The van der Waals surface area contributed by atoms with Crippen molar-refractivity contribution in [3.05, 3.63) is 46.1 Å². The number of aromatic nitrogens is 2. The Balaban J connectivity index is 2.09. The Morgan fingerprint density at radius 1 is 1.26 bits per heavy atom. The summed E-state index contributed by atoms with van der Waals surface area (Å²) in [6, 6.07) is 9.89. The minimum Gasteiger partial charge on any atom is -0.478 e. The average molecular weight is 322 g/mol. The highest BCUT2D eigenvalue weighted by Gasteiger charge is 2.04. The van der Waals surface area contributed by atoms with Gasteiger partial charge in [0.1, 0.15) is 0 Å². The van der Waals surface area contributed by atoms with Gasteiger partial charge < -0.3 is 10.1 Å². The Morgan fingerprint density at radius 2 is 2.05 bits per heavy atom. The van der Waals surface area contributed by atoms with Gasteiger partial charge in [0.05, 0.1) is 6.61 Å². The fourth-order valence-electron chi connectivity index (χ4n) is 1.66. The maximum Gasteiger partial charge on any atom is 0.226 e. The molecule has 0 saturated heterocycles. The Morgan fingerprint density at radius 3 is 2.79 bits per heavy atom. The molecular formula is C14H16BrN3O. The van der Waals surface area contributed by atoms with Crippen LogP contribution in [-0.2, 0) is 6.54 Å². The third kappa shape index (κ3) is 3.92. The molecule has 0 radical (unpaired) electrons. The normalized spacial score (nSPS) is 10.3. The second-order valence-corrected chi connectivity index (χ2v) is 4.90. The highest BCUT2D eigenvalue weighted by atomic mass is 79.9. The molecule has 0 saturated carbocycles. The largest absolute Gasteiger partial charge is 0.478 e.